The van der Waals surface area contributed by atoms with Gasteiger partial charge < -0.3 is 15.2 Å². The molecule has 0 unspecified atom stereocenters. The Labute approximate surface area is 215 Å². The number of amides is 1. The van der Waals surface area contributed by atoms with Gasteiger partial charge in [-0.05, 0) is 42.8 Å². The second-order valence-electron chi connectivity index (χ2n) is 8.37. The second-order valence-corrected chi connectivity index (χ2v) is 8.37. The normalized spacial score (nSPS) is 12.1. The summed E-state index contributed by atoms with van der Waals surface area (Å²) in [6.07, 6.45) is -4.48. The van der Waals surface area contributed by atoms with Crippen molar-refractivity contribution in [3.8, 4) is 17.0 Å². The standard InChI is InChI=1S/C27H23F3N4O4/c1-17(18-10-12-20(13-11-18)26(36)37)31-25(35)23-24(19-6-3-2-4-7-19)34(33-32-23)14-15-38-22-9-5-8-21(16-22)27(28,29)30/h2-13,16-17H,14-15H2,1H3,(H,31,35)(H,36,37)/t17-/m0/s1. The SMILES string of the molecule is C[C@H](NC(=O)c1nnn(CCOc2cccc(C(F)(F)F)c2)c1-c1ccccc1)c1ccc(C(=O)O)cc1. The van der Waals surface area contributed by atoms with Gasteiger partial charge in [-0.25, -0.2) is 9.48 Å². The zero-order chi connectivity index (χ0) is 27.3. The maximum atomic E-state index is 13.2. The first-order valence-electron chi connectivity index (χ1n) is 11.6. The second kappa shape index (κ2) is 11.2. The van der Waals surface area contributed by atoms with Crippen molar-refractivity contribution < 1.29 is 32.6 Å². The Morgan fingerprint density at radius 3 is 2.39 bits per heavy atom. The maximum absolute atomic E-state index is 13.2. The molecule has 0 spiro atoms. The van der Waals surface area contributed by atoms with Crippen LogP contribution in [0.25, 0.3) is 11.3 Å². The van der Waals surface area contributed by atoms with Gasteiger partial charge in [0.1, 0.15) is 18.1 Å². The number of carboxylic acids is 1. The molecule has 0 aliphatic rings. The number of nitrogens with zero attached hydrogens (tertiary/aromatic N) is 3. The van der Waals surface area contributed by atoms with Crippen LogP contribution in [0, 0.1) is 0 Å². The number of carbonyl (C=O) groups excluding carboxylic acids is 1. The minimum absolute atomic E-state index is 0.0160. The molecule has 196 valence electrons. The van der Waals surface area contributed by atoms with Gasteiger partial charge in [-0.15, -0.1) is 5.10 Å². The minimum atomic E-state index is -4.48. The van der Waals surface area contributed by atoms with Gasteiger partial charge in [0.2, 0.25) is 0 Å². The third kappa shape index (κ3) is 6.17. The van der Waals surface area contributed by atoms with Gasteiger partial charge in [-0.3, -0.25) is 4.79 Å². The van der Waals surface area contributed by atoms with E-state index in [0.29, 0.717) is 16.8 Å². The summed E-state index contributed by atoms with van der Waals surface area (Å²) in [4.78, 5) is 24.3. The fourth-order valence-corrected chi connectivity index (χ4v) is 3.78. The summed E-state index contributed by atoms with van der Waals surface area (Å²) in [7, 11) is 0. The molecule has 0 radical (unpaired) electrons. The minimum Gasteiger partial charge on any atom is -0.492 e. The van der Waals surface area contributed by atoms with Crippen molar-refractivity contribution in [1.82, 2.24) is 20.3 Å². The fourth-order valence-electron chi connectivity index (χ4n) is 3.78. The highest BCUT2D eigenvalue weighted by Crippen LogP contribution is 2.31. The Morgan fingerprint density at radius 2 is 1.74 bits per heavy atom. The van der Waals surface area contributed by atoms with E-state index >= 15 is 0 Å². The molecule has 1 atom stereocenters. The maximum Gasteiger partial charge on any atom is 0.416 e. The van der Waals surface area contributed by atoms with Crippen LogP contribution in [0.4, 0.5) is 13.2 Å². The van der Waals surface area contributed by atoms with E-state index in [9.17, 15) is 22.8 Å². The van der Waals surface area contributed by atoms with Crippen LogP contribution in [0.15, 0.2) is 78.9 Å². The highest BCUT2D eigenvalue weighted by Gasteiger charge is 2.30. The van der Waals surface area contributed by atoms with Gasteiger partial charge in [-0.1, -0.05) is 53.7 Å². The highest BCUT2D eigenvalue weighted by atomic mass is 19.4. The summed E-state index contributed by atoms with van der Waals surface area (Å²) in [6.45, 7) is 1.86. The van der Waals surface area contributed by atoms with Crippen LogP contribution in [-0.4, -0.2) is 38.6 Å². The Balaban J connectivity index is 1.52. The van der Waals surface area contributed by atoms with Crippen LogP contribution in [0.2, 0.25) is 0 Å². The predicted octanol–water partition coefficient (Wildman–Crippen LogP) is 5.23. The van der Waals surface area contributed by atoms with Crippen molar-refractivity contribution in [1.29, 1.82) is 0 Å². The largest absolute Gasteiger partial charge is 0.492 e. The van der Waals surface area contributed by atoms with Crippen molar-refractivity contribution >= 4 is 11.9 Å². The number of halogens is 3. The highest BCUT2D eigenvalue weighted by molar-refractivity contribution is 5.98. The molecule has 4 rings (SSSR count). The summed E-state index contributed by atoms with van der Waals surface area (Å²) in [6, 6.07) is 19.2. The number of ether oxygens (including phenoxy) is 1. The molecule has 0 fully saturated rings. The lowest BCUT2D eigenvalue weighted by Gasteiger charge is -2.15. The first-order chi connectivity index (χ1) is 18.1. The number of aromatic nitrogens is 3. The fraction of sp³-hybridized carbons (Fsp3) is 0.185. The molecule has 11 heteroatoms. The lowest BCUT2D eigenvalue weighted by atomic mass is 10.1. The molecule has 1 heterocycles. The van der Waals surface area contributed by atoms with Crippen LogP contribution in [0.3, 0.4) is 0 Å². The van der Waals surface area contributed by atoms with E-state index in [4.69, 9.17) is 9.84 Å². The molecular weight excluding hydrogens is 501 g/mol. The molecule has 3 aromatic carbocycles. The lowest BCUT2D eigenvalue weighted by molar-refractivity contribution is -0.137. The summed E-state index contributed by atoms with van der Waals surface area (Å²) < 4.78 is 45.9. The quantitative estimate of drug-likeness (QED) is 0.311. The van der Waals surface area contributed by atoms with Gasteiger partial charge in [0.15, 0.2) is 5.69 Å². The Kier molecular flexibility index (Phi) is 7.75. The third-order valence-corrected chi connectivity index (χ3v) is 5.74. The first kappa shape index (κ1) is 26.4. The molecule has 0 aliphatic carbocycles. The van der Waals surface area contributed by atoms with Crippen LogP contribution in [-0.2, 0) is 12.7 Å². The predicted molar refractivity (Wildman–Crippen MR) is 132 cm³/mol. The molecule has 1 amide bonds. The van der Waals surface area contributed by atoms with E-state index in [1.54, 1.807) is 43.3 Å². The van der Waals surface area contributed by atoms with Gasteiger partial charge in [-0.2, -0.15) is 13.2 Å². The zero-order valence-corrected chi connectivity index (χ0v) is 20.1. The van der Waals surface area contributed by atoms with Crippen molar-refractivity contribution in [2.24, 2.45) is 0 Å². The number of hydrogen-bond acceptors (Lipinski definition) is 5. The van der Waals surface area contributed by atoms with Crippen LogP contribution < -0.4 is 10.1 Å². The molecule has 0 saturated carbocycles. The van der Waals surface area contributed by atoms with Crippen LogP contribution in [0.1, 0.15) is 44.9 Å². The zero-order valence-electron chi connectivity index (χ0n) is 20.1. The van der Waals surface area contributed by atoms with E-state index in [1.165, 1.54) is 28.9 Å². The van der Waals surface area contributed by atoms with E-state index in [0.717, 1.165) is 12.1 Å². The number of alkyl halides is 3. The smallest absolute Gasteiger partial charge is 0.416 e. The van der Waals surface area contributed by atoms with E-state index in [-0.39, 0.29) is 30.2 Å². The van der Waals surface area contributed by atoms with Crippen LogP contribution in [0.5, 0.6) is 5.75 Å². The van der Waals surface area contributed by atoms with Crippen molar-refractivity contribution in [3.05, 3.63) is 101 Å². The Hall–Kier alpha value is -4.67. The molecule has 2 N–H and O–H groups in total. The van der Waals surface area contributed by atoms with Gasteiger partial charge in [0.05, 0.1) is 23.7 Å². The summed E-state index contributed by atoms with van der Waals surface area (Å²) in [5, 5.41) is 20.1. The number of benzene rings is 3. The average molecular weight is 524 g/mol. The molecule has 0 aliphatic heterocycles. The average Bonchev–Trinajstić information content (AvgIpc) is 3.33. The summed E-state index contributed by atoms with van der Waals surface area (Å²) in [5.41, 5.74) is 1.17. The first-order valence-corrected chi connectivity index (χ1v) is 11.6. The molecule has 0 bridgehead atoms. The Bertz CT molecular complexity index is 1420. The molecular formula is C27H23F3N4O4. The molecule has 38 heavy (non-hydrogen) atoms. The van der Waals surface area contributed by atoms with Crippen LogP contribution >= 0.6 is 0 Å². The number of aromatic carboxylic acids is 1. The lowest BCUT2D eigenvalue weighted by Crippen LogP contribution is -2.27. The number of rotatable bonds is 9. The van der Waals surface area contributed by atoms with E-state index < -0.39 is 29.7 Å². The number of hydrogen-bond donors (Lipinski definition) is 2. The third-order valence-electron chi connectivity index (χ3n) is 5.74. The molecule has 4 aromatic rings. The molecule has 0 saturated heterocycles. The summed E-state index contributed by atoms with van der Waals surface area (Å²) in [5.74, 6) is -1.49. The monoisotopic (exact) mass is 524 g/mol. The number of carboxylic acid groups (broad SMARTS) is 1. The van der Waals surface area contributed by atoms with Gasteiger partial charge in [0, 0.05) is 5.56 Å². The van der Waals surface area contributed by atoms with Crippen molar-refractivity contribution in [3.63, 3.8) is 0 Å². The van der Waals surface area contributed by atoms with Crippen molar-refractivity contribution in [2.75, 3.05) is 6.61 Å². The van der Waals surface area contributed by atoms with Gasteiger partial charge >= 0.3 is 12.1 Å². The molecule has 8 nitrogen and oxygen atoms in total. The van der Waals surface area contributed by atoms with E-state index in [2.05, 4.69) is 15.6 Å². The molecule has 1 aromatic heterocycles. The van der Waals surface area contributed by atoms with Gasteiger partial charge in [0.25, 0.3) is 5.91 Å². The number of carbonyl (C=O) groups is 2. The van der Waals surface area contributed by atoms with E-state index in [1.807, 2.05) is 6.07 Å². The summed E-state index contributed by atoms with van der Waals surface area (Å²) >= 11 is 0. The topological polar surface area (TPSA) is 106 Å². The van der Waals surface area contributed by atoms with Crippen molar-refractivity contribution in [2.45, 2.75) is 25.7 Å². The number of nitrogens with one attached hydrogen (secondary N) is 1. The Morgan fingerprint density at radius 1 is 1.03 bits per heavy atom.